The number of sulfone groups is 1. The minimum Gasteiger partial charge on any atom is -0.306 e. The van der Waals surface area contributed by atoms with Gasteiger partial charge in [0.25, 0.3) is 0 Å². The Bertz CT molecular complexity index is 300. The molecule has 0 amide bonds. The van der Waals surface area contributed by atoms with Crippen LogP contribution in [-0.2, 0) is 20.9 Å². The Kier molecular flexibility index (Phi) is 4.74. The van der Waals surface area contributed by atoms with Crippen molar-refractivity contribution in [3.63, 3.8) is 0 Å². The van der Waals surface area contributed by atoms with E-state index in [4.69, 9.17) is 4.55 Å². The molecule has 0 aliphatic carbocycles. The molecular formula is C8H18O4S2. The summed E-state index contributed by atoms with van der Waals surface area (Å²) in [6.07, 6.45) is 0.225. The Balaban J connectivity index is 4.36. The molecular weight excluding hydrogens is 224 g/mol. The summed E-state index contributed by atoms with van der Waals surface area (Å²) in [6, 6.07) is 0. The van der Waals surface area contributed by atoms with Crippen molar-refractivity contribution < 1.29 is 17.2 Å². The maximum Gasteiger partial charge on any atom is 0.155 e. The van der Waals surface area contributed by atoms with Crippen LogP contribution in [-0.4, -0.2) is 32.9 Å². The van der Waals surface area contributed by atoms with Crippen molar-refractivity contribution in [2.45, 2.75) is 44.1 Å². The van der Waals surface area contributed by atoms with Gasteiger partial charge in [0.05, 0.1) is 15.7 Å². The van der Waals surface area contributed by atoms with Gasteiger partial charge in [-0.25, -0.2) is 12.6 Å². The highest BCUT2D eigenvalue weighted by atomic mass is 32.2. The second-order valence-electron chi connectivity index (χ2n) is 4.31. The van der Waals surface area contributed by atoms with Crippen LogP contribution in [0.5, 0.6) is 0 Å². The van der Waals surface area contributed by atoms with Gasteiger partial charge in [-0.1, -0.05) is 0 Å². The zero-order valence-electron chi connectivity index (χ0n) is 8.98. The van der Waals surface area contributed by atoms with Gasteiger partial charge in [0.15, 0.2) is 20.9 Å². The molecule has 0 bridgehead atoms. The van der Waals surface area contributed by atoms with E-state index in [2.05, 4.69) is 0 Å². The van der Waals surface area contributed by atoms with E-state index in [9.17, 15) is 12.6 Å². The van der Waals surface area contributed by atoms with Crippen molar-refractivity contribution in [2.24, 2.45) is 0 Å². The largest absolute Gasteiger partial charge is 0.306 e. The maximum atomic E-state index is 11.6. The van der Waals surface area contributed by atoms with E-state index in [1.165, 1.54) is 0 Å². The van der Waals surface area contributed by atoms with E-state index >= 15 is 0 Å². The van der Waals surface area contributed by atoms with Crippen LogP contribution in [0.25, 0.3) is 0 Å². The minimum absolute atomic E-state index is 0.0377. The fourth-order valence-corrected chi connectivity index (χ4v) is 2.47. The summed E-state index contributed by atoms with van der Waals surface area (Å²) < 4.78 is 41.7. The molecule has 0 aromatic rings. The molecule has 0 heterocycles. The predicted octanol–water partition coefficient (Wildman–Crippen LogP) is 1.20. The van der Waals surface area contributed by atoms with Gasteiger partial charge in [0.1, 0.15) is 0 Å². The first-order valence-corrected chi connectivity index (χ1v) is 7.22. The van der Waals surface area contributed by atoms with Crippen LogP contribution in [0.15, 0.2) is 0 Å². The average molecular weight is 242 g/mol. The summed E-state index contributed by atoms with van der Waals surface area (Å²) in [5.74, 6) is -0.0377. The van der Waals surface area contributed by atoms with E-state index in [1.54, 1.807) is 27.7 Å². The molecule has 2 atom stereocenters. The first kappa shape index (κ1) is 14.1. The third-order valence-electron chi connectivity index (χ3n) is 2.07. The monoisotopic (exact) mass is 242 g/mol. The topological polar surface area (TPSA) is 71.4 Å². The van der Waals surface area contributed by atoms with Crippen molar-refractivity contribution >= 4 is 20.9 Å². The lowest BCUT2D eigenvalue weighted by atomic mass is 10.3. The molecule has 0 spiro atoms. The van der Waals surface area contributed by atoms with Crippen molar-refractivity contribution in [2.75, 3.05) is 5.75 Å². The van der Waals surface area contributed by atoms with Crippen LogP contribution in [0.3, 0.4) is 0 Å². The summed E-state index contributed by atoms with van der Waals surface area (Å²) >= 11 is -1.94. The quantitative estimate of drug-likeness (QED) is 0.752. The predicted molar refractivity (Wildman–Crippen MR) is 58.4 cm³/mol. The smallest absolute Gasteiger partial charge is 0.155 e. The number of rotatable bonds is 4. The molecule has 0 aliphatic heterocycles. The van der Waals surface area contributed by atoms with E-state index in [-0.39, 0.29) is 12.2 Å². The summed E-state index contributed by atoms with van der Waals surface area (Å²) in [7, 11) is -3.17. The Morgan fingerprint density at radius 3 is 2.07 bits per heavy atom. The molecule has 1 N–H and O–H groups in total. The zero-order valence-corrected chi connectivity index (χ0v) is 10.6. The molecule has 4 nitrogen and oxygen atoms in total. The van der Waals surface area contributed by atoms with Gasteiger partial charge in [-0.3, -0.25) is 0 Å². The van der Waals surface area contributed by atoms with Crippen LogP contribution in [0.1, 0.15) is 34.1 Å². The second-order valence-corrected chi connectivity index (χ2v) is 8.53. The molecule has 0 fully saturated rings. The summed E-state index contributed by atoms with van der Waals surface area (Å²) in [6.45, 7) is 6.45. The molecule has 0 rings (SSSR count). The average Bonchev–Trinajstić information content (AvgIpc) is 1.97. The summed E-state index contributed by atoms with van der Waals surface area (Å²) in [4.78, 5) is 0. The Labute approximate surface area is 88.3 Å². The molecule has 0 aromatic heterocycles. The van der Waals surface area contributed by atoms with Crippen molar-refractivity contribution in [1.29, 1.82) is 0 Å². The highest BCUT2D eigenvalue weighted by Gasteiger charge is 2.29. The first-order chi connectivity index (χ1) is 6.08. The molecule has 86 valence electrons. The van der Waals surface area contributed by atoms with Crippen LogP contribution < -0.4 is 0 Å². The lowest BCUT2D eigenvalue weighted by molar-refractivity contribution is 0.542. The van der Waals surface area contributed by atoms with Crippen LogP contribution in [0, 0.1) is 0 Å². The van der Waals surface area contributed by atoms with E-state index in [0.29, 0.717) is 0 Å². The fourth-order valence-electron chi connectivity index (χ4n) is 0.728. The van der Waals surface area contributed by atoms with Gasteiger partial charge < -0.3 is 4.55 Å². The van der Waals surface area contributed by atoms with E-state index in [0.717, 1.165) is 0 Å². The van der Waals surface area contributed by atoms with E-state index in [1.807, 2.05) is 0 Å². The molecule has 0 radical (unpaired) electrons. The Hall–Kier alpha value is 0.0600. The highest BCUT2D eigenvalue weighted by molar-refractivity contribution is 7.92. The lowest BCUT2D eigenvalue weighted by Crippen LogP contribution is -2.31. The van der Waals surface area contributed by atoms with Crippen molar-refractivity contribution in [3.8, 4) is 0 Å². The van der Waals surface area contributed by atoms with Crippen LogP contribution in [0.2, 0.25) is 0 Å². The summed E-state index contributed by atoms with van der Waals surface area (Å²) in [5, 5.41) is -0.493. The van der Waals surface area contributed by atoms with Crippen molar-refractivity contribution in [1.82, 2.24) is 0 Å². The van der Waals surface area contributed by atoms with Gasteiger partial charge in [-0.15, -0.1) is 0 Å². The molecule has 2 unspecified atom stereocenters. The molecule has 0 saturated heterocycles. The van der Waals surface area contributed by atoms with Crippen LogP contribution in [0.4, 0.5) is 0 Å². The summed E-state index contributed by atoms with van der Waals surface area (Å²) in [5.41, 5.74) is 0. The molecule has 6 heteroatoms. The van der Waals surface area contributed by atoms with Gasteiger partial charge >= 0.3 is 0 Å². The third-order valence-corrected chi connectivity index (χ3v) is 5.63. The molecule has 0 saturated carbocycles. The Morgan fingerprint density at radius 1 is 1.36 bits per heavy atom. The maximum absolute atomic E-state index is 11.6. The van der Waals surface area contributed by atoms with Gasteiger partial charge in [-0.05, 0) is 34.1 Å². The standard InChI is InChI=1S/C8H18O4S2/c1-7(13(9)10)5-6-14(11,12)8(2,3)4/h7H,5-6H2,1-4H3,(H,9,10). The lowest BCUT2D eigenvalue weighted by Gasteiger charge is -2.19. The molecule has 14 heavy (non-hydrogen) atoms. The zero-order chi connectivity index (χ0) is 11.6. The van der Waals surface area contributed by atoms with Crippen molar-refractivity contribution in [3.05, 3.63) is 0 Å². The van der Waals surface area contributed by atoms with Gasteiger partial charge in [0, 0.05) is 0 Å². The highest BCUT2D eigenvalue weighted by Crippen LogP contribution is 2.17. The minimum atomic E-state index is -3.17. The second kappa shape index (κ2) is 4.72. The molecule has 0 aliphatic rings. The Morgan fingerprint density at radius 2 is 1.79 bits per heavy atom. The van der Waals surface area contributed by atoms with Gasteiger partial charge in [0.2, 0.25) is 0 Å². The normalized spacial score (nSPS) is 17.8. The molecule has 0 aromatic carbocycles. The number of hydrogen-bond acceptors (Lipinski definition) is 3. The van der Waals surface area contributed by atoms with E-state index < -0.39 is 30.9 Å². The van der Waals surface area contributed by atoms with Gasteiger partial charge in [-0.2, -0.15) is 0 Å². The van der Waals surface area contributed by atoms with Crippen LogP contribution >= 0.6 is 0 Å². The number of hydrogen-bond donors (Lipinski definition) is 1. The SMILES string of the molecule is CC(CCS(=O)(=O)C(C)(C)C)S(=O)O. The first-order valence-electron chi connectivity index (χ1n) is 4.40. The third kappa shape index (κ3) is 4.06. The fraction of sp³-hybridized carbons (Fsp3) is 1.00.